The number of carbonyl (C=O) groups is 2. The second kappa shape index (κ2) is 10.1. The molecule has 4 aromatic carbocycles. The molecule has 0 spiro atoms. The molecular formula is C31H27N3O3. The van der Waals surface area contributed by atoms with Crippen LogP contribution in [0.3, 0.4) is 0 Å². The zero-order valence-electron chi connectivity index (χ0n) is 20.7. The maximum atomic E-state index is 13.9. The number of ether oxygens (including phenoxy) is 1. The maximum Gasteiger partial charge on any atom is 0.355 e. The highest BCUT2D eigenvalue weighted by Gasteiger charge is 2.60. The summed E-state index contributed by atoms with van der Waals surface area (Å²) in [7, 11) is 1.33. The van der Waals surface area contributed by atoms with Crippen LogP contribution in [-0.2, 0) is 9.53 Å². The summed E-state index contributed by atoms with van der Waals surface area (Å²) in [4.78, 5) is 27.6. The normalized spacial score (nSPS) is 18.7. The van der Waals surface area contributed by atoms with E-state index in [1.807, 2.05) is 97.9 Å². The number of rotatable bonds is 6. The highest BCUT2D eigenvalue weighted by molar-refractivity contribution is 6.14. The van der Waals surface area contributed by atoms with Crippen LogP contribution in [0, 0.1) is 6.92 Å². The van der Waals surface area contributed by atoms with Gasteiger partial charge in [0.2, 0.25) is 5.66 Å². The molecule has 0 radical (unpaired) electrons. The van der Waals surface area contributed by atoms with Crippen LogP contribution >= 0.6 is 0 Å². The zero-order valence-corrected chi connectivity index (χ0v) is 20.7. The van der Waals surface area contributed by atoms with Crippen LogP contribution in [-0.4, -0.2) is 30.4 Å². The fraction of sp³-hybridized carbons (Fsp3) is 0.129. The molecule has 37 heavy (non-hydrogen) atoms. The van der Waals surface area contributed by atoms with E-state index < -0.39 is 23.5 Å². The number of hydrogen-bond acceptors (Lipinski definition) is 5. The summed E-state index contributed by atoms with van der Waals surface area (Å²) in [5, 5.41) is 9.68. The minimum absolute atomic E-state index is 0.409. The molecule has 6 heteroatoms. The van der Waals surface area contributed by atoms with E-state index in [9.17, 15) is 9.59 Å². The lowest BCUT2D eigenvalue weighted by molar-refractivity contribution is -0.148. The van der Waals surface area contributed by atoms with Gasteiger partial charge in [-0.15, -0.1) is 0 Å². The van der Waals surface area contributed by atoms with Crippen LogP contribution in [0.4, 0.5) is 5.69 Å². The lowest BCUT2D eigenvalue weighted by Crippen LogP contribution is -2.66. The van der Waals surface area contributed by atoms with Crippen molar-refractivity contribution in [2.45, 2.75) is 18.5 Å². The third-order valence-corrected chi connectivity index (χ3v) is 6.55. The summed E-state index contributed by atoms with van der Waals surface area (Å²) in [5.41, 5.74) is 2.80. The van der Waals surface area contributed by atoms with E-state index in [1.165, 1.54) is 7.11 Å². The number of amides is 1. The quantitative estimate of drug-likeness (QED) is 0.373. The van der Waals surface area contributed by atoms with Crippen LogP contribution in [0.5, 0.6) is 0 Å². The SMILES string of the molecule is COC(=O)[C@@]1(NC(=O)c2ccccc2)[C@H](c2ccccc2)C(c2ccc(C)cc2)=NN1c1ccccc1. The number of hydrazone groups is 1. The fourth-order valence-electron chi connectivity index (χ4n) is 4.76. The summed E-state index contributed by atoms with van der Waals surface area (Å²) < 4.78 is 5.41. The van der Waals surface area contributed by atoms with Gasteiger partial charge in [0.15, 0.2) is 0 Å². The van der Waals surface area contributed by atoms with E-state index in [4.69, 9.17) is 9.84 Å². The first-order valence-corrected chi connectivity index (χ1v) is 12.1. The van der Waals surface area contributed by atoms with Gasteiger partial charge >= 0.3 is 5.97 Å². The van der Waals surface area contributed by atoms with Gasteiger partial charge < -0.3 is 10.1 Å². The number of hydrogen-bond donors (Lipinski definition) is 1. The molecule has 0 saturated carbocycles. The number of carbonyl (C=O) groups excluding carboxylic acids is 2. The third kappa shape index (κ3) is 4.38. The molecule has 184 valence electrons. The Morgan fingerprint density at radius 1 is 0.811 bits per heavy atom. The molecule has 0 unspecified atom stereocenters. The average Bonchev–Trinajstić information content (AvgIpc) is 3.30. The van der Waals surface area contributed by atoms with Crippen molar-refractivity contribution in [3.05, 3.63) is 138 Å². The number of aryl methyl sites for hydroxylation is 1. The Morgan fingerprint density at radius 3 is 1.97 bits per heavy atom. The second-order valence-electron chi connectivity index (χ2n) is 8.92. The van der Waals surface area contributed by atoms with E-state index in [0.717, 1.165) is 16.7 Å². The van der Waals surface area contributed by atoms with Gasteiger partial charge in [-0.1, -0.05) is 96.6 Å². The summed E-state index contributed by atoms with van der Waals surface area (Å²) >= 11 is 0. The Bertz CT molecular complexity index is 1420. The third-order valence-electron chi connectivity index (χ3n) is 6.55. The Labute approximate surface area is 216 Å². The number of methoxy groups -OCH3 is 1. The van der Waals surface area contributed by atoms with Crippen molar-refractivity contribution in [2.75, 3.05) is 12.1 Å². The average molecular weight is 490 g/mol. The van der Waals surface area contributed by atoms with Crippen LogP contribution in [0.25, 0.3) is 0 Å². The summed E-state index contributed by atoms with van der Waals surface area (Å²) in [5.74, 6) is -1.70. The first kappa shape index (κ1) is 24.0. The molecule has 0 aliphatic carbocycles. The van der Waals surface area contributed by atoms with Crippen molar-refractivity contribution in [2.24, 2.45) is 5.10 Å². The molecule has 1 heterocycles. The van der Waals surface area contributed by atoms with Crippen LogP contribution in [0.1, 0.15) is 33.0 Å². The predicted molar refractivity (Wildman–Crippen MR) is 144 cm³/mol. The second-order valence-corrected chi connectivity index (χ2v) is 8.92. The van der Waals surface area contributed by atoms with E-state index in [2.05, 4.69) is 5.32 Å². The van der Waals surface area contributed by atoms with E-state index in [1.54, 1.807) is 29.3 Å². The molecule has 4 aromatic rings. The standard InChI is InChI=1S/C31H27N3O3/c1-22-18-20-24(21-19-22)28-27(23-12-6-3-7-13-23)31(30(36)37-2,32-29(35)25-14-8-4-9-15-25)34(33-28)26-16-10-5-11-17-26/h3-21,27H,1-2H3,(H,32,35)/t27-,31-/m1/s1. The van der Waals surface area contributed by atoms with Gasteiger partial charge in [-0.05, 0) is 42.3 Å². The number of nitrogens with zero attached hydrogens (tertiary/aromatic N) is 2. The molecule has 2 atom stereocenters. The minimum atomic E-state index is -1.69. The lowest BCUT2D eigenvalue weighted by Gasteiger charge is -2.40. The molecule has 6 nitrogen and oxygen atoms in total. The molecule has 0 aromatic heterocycles. The molecule has 5 rings (SSSR count). The number of para-hydroxylation sites is 1. The van der Waals surface area contributed by atoms with Crippen molar-refractivity contribution in [3.63, 3.8) is 0 Å². The van der Waals surface area contributed by atoms with Crippen molar-refractivity contribution >= 4 is 23.3 Å². The molecule has 1 N–H and O–H groups in total. The number of anilines is 1. The number of nitrogens with one attached hydrogen (secondary N) is 1. The highest BCUT2D eigenvalue weighted by Crippen LogP contribution is 2.44. The summed E-state index contributed by atoms with van der Waals surface area (Å²) in [6.07, 6.45) is 0. The predicted octanol–water partition coefficient (Wildman–Crippen LogP) is 5.30. The van der Waals surface area contributed by atoms with E-state index in [-0.39, 0.29) is 0 Å². The van der Waals surface area contributed by atoms with Crippen molar-refractivity contribution in [3.8, 4) is 0 Å². The van der Waals surface area contributed by atoms with Gasteiger partial charge in [0.05, 0.1) is 24.4 Å². The molecule has 0 saturated heterocycles. The molecule has 1 aliphatic rings. The monoisotopic (exact) mass is 489 g/mol. The first-order chi connectivity index (χ1) is 18.0. The largest absolute Gasteiger partial charge is 0.466 e. The van der Waals surface area contributed by atoms with Gasteiger partial charge in [0.25, 0.3) is 5.91 Å². The van der Waals surface area contributed by atoms with Gasteiger partial charge in [-0.3, -0.25) is 4.79 Å². The highest BCUT2D eigenvalue weighted by atomic mass is 16.5. The van der Waals surface area contributed by atoms with Gasteiger partial charge in [-0.2, -0.15) is 5.10 Å². The maximum absolute atomic E-state index is 13.9. The Balaban J connectivity index is 1.77. The molecule has 0 bridgehead atoms. The Kier molecular flexibility index (Phi) is 6.56. The topological polar surface area (TPSA) is 71.0 Å². The summed E-state index contributed by atoms with van der Waals surface area (Å²) in [6.45, 7) is 2.02. The van der Waals surface area contributed by atoms with E-state index in [0.29, 0.717) is 17.0 Å². The van der Waals surface area contributed by atoms with Gasteiger partial charge in [-0.25, -0.2) is 9.80 Å². The molecule has 1 aliphatic heterocycles. The van der Waals surface area contributed by atoms with Gasteiger partial charge in [0.1, 0.15) is 0 Å². The van der Waals surface area contributed by atoms with Crippen molar-refractivity contribution in [1.29, 1.82) is 0 Å². The molecular weight excluding hydrogens is 462 g/mol. The molecule has 0 fully saturated rings. The van der Waals surface area contributed by atoms with Crippen LogP contribution in [0.2, 0.25) is 0 Å². The minimum Gasteiger partial charge on any atom is -0.466 e. The van der Waals surface area contributed by atoms with Crippen molar-refractivity contribution < 1.29 is 14.3 Å². The van der Waals surface area contributed by atoms with Crippen molar-refractivity contribution in [1.82, 2.24) is 5.32 Å². The Morgan fingerprint density at radius 2 is 1.38 bits per heavy atom. The van der Waals surface area contributed by atoms with Crippen LogP contribution < -0.4 is 10.3 Å². The number of benzene rings is 4. The zero-order chi connectivity index (χ0) is 25.8. The van der Waals surface area contributed by atoms with Crippen LogP contribution in [0.15, 0.2) is 120 Å². The molecule has 1 amide bonds. The van der Waals surface area contributed by atoms with E-state index >= 15 is 0 Å². The first-order valence-electron chi connectivity index (χ1n) is 12.1. The summed E-state index contributed by atoms with van der Waals surface area (Å²) in [6, 6.07) is 35.8. The lowest BCUT2D eigenvalue weighted by atomic mass is 9.79. The fourth-order valence-corrected chi connectivity index (χ4v) is 4.76. The number of esters is 1. The smallest absolute Gasteiger partial charge is 0.355 e. The Hall–Kier alpha value is -4.71. The van der Waals surface area contributed by atoms with Gasteiger partial charge in [0, 0.05) is 5.56 Å².